The molecule has 1 aliphatic heterocycles. The lowest BCUT2D eigenvalue weighted by atomic mass is 9.90. The van der Waals surface area contributed by atoms with Crippen molar-refractivity contribution in [1.29, 1.82) is 0 Å². The Labute approximate surface area is 206 Å². The Morgan fingerprint density at radius 1 is 1.19 bits per heavy atom. The van der Waals surface area contributed by atoms with Crippen molar-refractivity contribution in [3.8, 4) is 5.75 Å². The van der Waals surface area contributed by atoms with E-state index in [1.54, 1.807) is 24.3 Å². The number of carbonyl (C=O) groups excluding carboxylic acids is 3. The SMILES string of the molecule is Cc1cc(COc2ccc(C(=O)NC3(CC(=O)NO)CC(C(N)=O)N(O)C3)cc2)c2ccccc2n1. The summed E-state index contributed by atoms with van der Waals surface area (Å²) in [4.78, 5) is 41.0. The van der Waals surface area contributed by atoms with Gasteiger partial charge in [-0.2, -0.15) is 5.06 Å². The lowest BCUT2D eigenvalue weighted by molar-refractivity contribution is -0.143. The average molecular weight is 494 g/mol. The van der Waals surface area contributed by atoms with Crippen LogP contribution in [0.3, 0.4) is 0 Å². The molecule has 2 unspecified atom stereocenters. The normalized spacial score (nSPS) is 19.7. The molecular formula is C25H27N5O6. The van der Waals surface area contributed by atoms with E-state index in [-0.39, 0.29) is 24.9 Å². The van der Waals surface area contributed by atoms with Gasteiger partial charge in [-0.1, -0.05) is 18.2 Å². The number of ether oxygens (including phenoxy) is 1. The van der Waals surface area contributed by atoms with E-state index in [1.165, 1.54) is 5.48 Å². The molecule has 4 rings (SSSR count). The predicted octanol–water partition coefficient (Wildman–Crippen LogP) is 1.44. The van der Waals surface area contributed by atoms with Crippen molar-refractivity contribution in [1.82, 2.24) is 20.8 Å². The van der Waals surface area contributed by atoms with E-state index in [0.29, 0.717) is 17.4 Å². The monoisotopic (exact) mass is 493 g/mol. The quantitative estimate of drug-likeness (QED) is 0.232. The number of hydroxylamine groups is 3. The minimum Gasteiger partial charge on any atom is -0.489 e. The van der Waals surface area contributed by atoms with Gasteiger partial charge in [0.1, 0.15) is 18.4 Å². The molecule has 1 aliphatic rings. The molecule has 1 saturated heterocycles. The van der Waals surface area contributed by atoms with Crippen molar-refractivity contribution in [3.63, 3.8) is 0 Å². The number of hydrogen-bond donors (Lipinski definition) is 5. The second-order valence-electron chi connectivity index (χ2n) is 8.92. The maximum atomic E-state index is 13.0. The molecule has 6 N–H and O–H groups in total. The fourth-order valence-corrected chi connectivity index (χ4v) is 4.51. The molecule has 36 heavy (non-hydrogen) atoms. The number of para-hydroxylation sites is 1. The van der Waals surface area contributed by atoms with Gasteiger partial charge in [-0.05, 0) is 49.7 Å². The van der Waals surface area contributed by atoms with Gasteiger partial charge in [0, 0.05) is 28.8 Å². The Balaban J connectivity index is 1.46. The lowest BCUT2D eigenvalue weighted by Crippen LogP contribution is -2.52. The number of benzene rings is 2. The first-order chi connectivity index (χ1) is 17.2. The van der Waals surface area contributed by atoms with Gasteiger partial charge < -0.3 is 21.0 Å². The summed E-state index contributed by atoms with van der Waals surface area (Å²) in [5.41, 5.74) is 8.56. The van der Waals surface area contributed by atoms with E-state index < -0.39 is 29.3 Å². The standard InChI is InChI=1S/C25H27N5O6/c1-15-10-17(19-4-2-3-5-20(19)27-15)13-36-18-8-6-16(7-9-18)24(33)28-25(12-22(31)29-34)11-21(23(26)32)30(35)14-25/h2-10,21,34-35H,11-14H2,1H3,(H2,26,32)(H,28,33)(H,29,31). The van der Waals surface area contributed by atoms with Crippen LogP contribution in [0.4, 0.5) is 0 Å². The summed E-state index contributed by atoms with van der Waals surface area (Å²) >= 11 is 0. The Bertz CT molecular complexity index is 1300. The highest BCUT2D eigenvalue weighted by atomic mass is 16.5. The minimum atomic E-state index is -1.31. The number of amides is 3. The number of aryl methyl sites for hydroxylation is 1. The zero-order valence-corrected chi connectivity index (χ0v) is 19.6. The highest BCUT2D eigenvalue weighted by Gasteiger charge is 2.48. The van der Waals surface area contributed by atoms with Crippen LogP contribution in [-0.4, -0.2) is 56.3 Å². The first-order valence-corrected chi connectivity index (χ1v) is 11.3. The molecule has 0 spiro atoms. The van der Waals surface area contributed by atoms with Gasteiger partial charge in [0.25, 0.3) is 5.91 Å². The van der Waals surface area contributed by atoms with Crippen LogP contribution in [0.15, 0.2) is 54.6 Å². The Morgan fingerprint density at radius 2 is 1.92 bits per heavy atom. The van der Waals surface area contributed by atoms with Crippen molar-refractivity contribution in [3.05, 3.63) is 71.4 Å². The third-order valence-corrected chi connectivity index (χ3v) is 6.18. The van der Waals surface area contributed by atoms with E-state index in [9.17, 15) is 19.6 Å². The van der Waals surface area contributed by atoms with Crippen LogP contribution in [0.2, 0.25) is 0 Å². The van der Waals surface area contributed by atoms with Crippen molar-refractivity contribution in [2.45, 2.75) is 38.0 Å². The minimum absolute atomic E-state index is 0.0987. The van der Waals surface area contributed by atoms with Gasteiger partial charge in [-0.25, -0.2) is 5.48 Å². The van der Waals surface area contributed by atoms with Crippen molar-refractivity contribution >= 4 is 28.6 Å². The van der Waals surface area contributed by atoms with E-state index in [2.05, 4.69) is 10.3 Å². The maximum Gasteiger partial charge on any atom is 0.251 e. The lowest BCUT2D eigenvalue weighted by Gasteiger charge is -2.29. The number of hydrogen-bond acceptors (Lipinski definition) is 8. The van der Waals surface area contributed by atoms with Gasteiger partial charge in [0.05, 0.1) is 17.5 Å². The largest absolute Gasteiger partial charge is 0.489 e. The van der Waals surface area contributed by atoms with Gasteiger partial charge in [-0.15, -0.1) is 0 Å². The fraction of sp³-hybridized carbons (Fsp3) is 0.280. The number of primary amides is 1. The first kappa shape index (κ1) is 25.0. The average Bonchev–Trinajstić information content (AvgIpc) is 3.18. The summed E-state index contributed by atoms with van der Waals surface area (Å²) in [5, 5.41) is 23.5. The number of pyridine rings is 1. The molecule has 2 aromatic carbocycles. The topological polar surface area (TPSA) is 167 Å². The van der Waals surface area contributed by atoms with Gasteiger partial charge >= 0.3 is 0 Å². The second kappa shape index (κ2) is 10.3. The van der Waals surface area contributed by atoms with Crippen LogP contribution in [0.5, 0.6) is 5.75 Å². The third kappa shape index (κ3) is 5.43. The molecule has 0 saturated carbocycles. The molecule has 11 nitrogen and oxygen atoms in total. The van der Waals surface area contributed by atoms with Crippen LogP contribution in [0.1, 0.15) is 34.5 Å². The summed E-state index contributed by atoms with van der Waals surface area (Å²) in [6, 6.07) is 15.1. The maximum absolute atomic E-state index is 13.0. The molecule has 3 amide bonds. The van der Waals surface area contributed by atoms with Crippen LogP contribution < -0.4 is 21.3 Å². The van der Waals surface area contributed by atoms with Crippen LogP contribution >= 0.6 is 0 Å². The van der Waals surface area contributed by atoms with Gasteiger partial charge in [0.15, 0.2) is 0 Å². The van der Waals surface area contributed by atoms with Crippen molar-refractivity contribution in [2.75, 3.05) is 6.54 Å². The van der Waals surface area contributed by atoms with E-state index in [4.69, 9.17) is 15.7 Å². The van der Waals surface area contributed by atoms with Crippen LogP contribution in [0, 0.1) is 6.92 Å². The molecule has 11 heteroatoms. The van der Waals surface area contributed by atoms with Crippen molar-refractivity contribution < 1.29 is 29.5 Å². The second-order valence-corrected chi connectivity index (χ2v) is 8.92. The van der Waals surface area contributed by atoms with Gasteiger partial charge in [-0.3, -0.25) is 24.6 Å². The molecule has 0 aliphatic carbocycles. The Hall–Kier alpha value is -4.06. The van der Waals surface area contributed by atoms with E-state index in [1.807, 2.05) is 37.3 Å². The van der Waals surface area contributed by atoms with E-state index >= 15 is 0 Å². The molecule has 0 bridgehead atoms. The zero-order chi connectivity index (χ0) is 25.9. The number of nitrogens with one attached hydrogen (secondary N) is 2. The molecule has 1 fully saturated rings. The number of nitrogens with two attached hydrogens (primary N) is 1. The smallest absolute Gasteiger partial charge is 0.251 e. The molecular weight excluding hydrogens is 466 g/mol. The molecule has 2 heterocycles. The predicted molar refractivity (Wildman–Crippen MR) is 128 cm³/mol. The summed E-state index contributed by atoms with van der Waals surface area (Å²) < 4.78 is 5.93. The summed E-state index contributed by atoms with van der Waals surface area (Å²) in [6.07, 6.45) is -0.463. The fourth-order valence-electron chi connectivity index (χ4n) is 4.51. The summed E-state index contributed by atoms with van der Waals surface area (Å²) in [6.45, 7) is 2.02. The number of nitrogens with zero attached hydrogens (tertiary/aromatic N) is 2. The Kier molecular flexibility index (Phi) is 7.15. The first-order valence-electron chi connectivity index (χ1n) is 11.3. The number of aromatic nitrogens is 1. The van der Waals surface area contributed by atoms with Crippen LogP contribution in [-0.2, 0) is 16.2 Å². The highest BCUT2D eigenvalue weighted by Crippen LogP contribution is 2.30. The number of fused-ring (bicyclic) bond motifs is 1. The molecule has 188 valence electrons. The molecule has 1 aromatic heterocycles. The summed E-state index contributed by atoms with van der Waals surface area (Å²) in [5.74, 6) is -1.55. The number of carbonyl (C=O) groups is 3. The molecule has 0 radical (unpaired) electrons. The van der Waals surface area contributed by atoms with Crippen molar-refractivity contribution in [2.24, 2.45) is 5.73 Å². The highest BCUT2D eigenvalue weighted by molar-refractivity contribution is 5.95. The summed E-state index contributed by atoms with van der Waals surface area (Å²) in [7, 11) is 0. The Morgan fingerprint density at radius 3 is 2.58 bits per heavy atom. The molecule has 2 atom stereocenters. The zero-order valence-electron chi connectivity index (χ0n) is 19.6. The third-order valence-electron chi connectivity index (χ3n) is 6.18. The van der Waals surface area contributed by atoms with Crippen LogP contribution in [0.25, 0.3) is 10.9 Å². The molecule has 3 aromatic rings. The van der Waals surface area contributed by atoms with E-state index in [0.717, 1.165) is 22.2 Å². The van der Waals surface area contributed by atoms with Gasteiger partial charge in [0.2, 0.25) is 11.8 Å². The number of rotatable bonds is 8.